The summed E-state index contributed by atoms with van der Waals surface area (Å²) in [6, 6.07) is 1.81. The molecule has 1 N–H and O–H groups in total. The van der Waals surface area contributed by atoms with Crippen LogP contribution in [0.3, 0.4) is 0 Å². The molecule has 3 fully saturated rings. The van der Waals surface area contributed by atoms with Crippen molar-refractivity contribution in [2.75, 3.05) is 19.6 Å². The average Bonchev–Trinajstić information content (AvgIpc) is 2.54. The van der Waals surface area contributed by atoms with Crippen LogP contribution < -0.4 is 5.32 Å². The molecule has 3 unspecified atom stereocenters. The van der Waals surface area contributed by atoms with E-state index in [-0.39, 0.29) is 0 Å². The zero-order valence-corrected chi connectivity index (χ0v) is 8.50. The van der Waals surface area contributed by atoms with Crippen molar-refractivity contribution in [1.29, 1.82) is 0 Å². The molecule has 13 heavy (non-hydrogen) atoms. The minimum absolute atomic E-state index is 0.852. The number of likely N-dealkylation sites (tertiary alicyclic amines) is 1. The van der Waals surface area contributed by atoms with Gasteiger partial charge in [0, 0.05) is 18.6 Å². The number of nitrogens with one attached hydrogen (secondary N) is 1. The molecule has 0 bridgehead atoms. The van der Waals surface area contributed by atoms with Crippen molar-refractivity contribution in [2.45, 2.75) is 38.3 Å². The van der Waals surface area contributed by atoms with Gasteiger partial charge < -0.3 is 5.32 Å². The molecule has 0 aromatic carbocycles. The van der Waals surface area contributed by atoms with Crippen molar-refractivity contribution in [3.8, 4) is 0 Å². The van der Waals surface area contributed by atoms with Crippen molar-refractivity contribution in [1.82, 2.24) is 10.2 Å². The van der Waals surface area contributed by atoms with Crippen LogP contribution in [-0.4, -0.2) is 36.6 Å². The summed E-state index contributed by atoms with van der Waals surface area (Å²) in [4.78, 5) is 2.79. The smallest absolute Gasteiger partial charge is 0.0114 e. The Morgan fingerprint density at radius 2 is 2.08 bits per heavy atom. The first-order chi connectivity index (χ1) is 6.36. The molecule has 3 atom stereocenters. The normalized spacial score (nSPS) is 46.4. The lowest BCUT2D eigenvalue weighted by molar-refractivity contribution is 0.108. The molecule has 0 radical (unpaired) electrons. The van der Waals surface area contributed by atoms with Crippen LogP contribution in [0.25, 0.3) is 0 Å². The molecule has 2 aliphatic heterocycles. The standard InChI is InChI=1S/C11H20N2/c1-8-11-6-12-5-9(11)7-13(8)10-3-2-4-10/h8-12H,2-7H2,1H3. The first-order valence-corrected chi connectivity index (χ1v) is 5.82. The number of fused-ring (bicyclic) bond motifs is 1. The van der Waals surface area contributed by atoms with Crippen LogP contribution in [0.1, 0.15) is 26.2 Å². The molecular formula is C11H20N2. The van der Waals surface area contributed by atoms with Crippen molar-refractivity contribution in [2.24, 2.45) is 11.8 Å². The second-order valence-electron chi connectivity index (χ2n) is 5.10. The highest BCUT2D eigenvalue weighted by Crippen LogP contribution is 2.38. The van der Waals surface area contributed by atoms with Gasteiger partial charge in [-0.1, -0.05) is 6.42 Å². The van der Waals surface area contributed by atoms with Gasteiger partial charge in [0.25, 0.3) is 0 Å². The van der Waals surface area contributed by atoms with Crippen molar-refractivity contribution in [3.05, 3.63) is 0 Å². The molecule has 2 heterocycles. The Morgan fingerprint density at radius 3 is 2.69 bits per heavy atom. The summed E-state index contributed by atoms with van der Waals surface area (Å²) in [6.07, 6.45) is 4.41. The fourth-order valence-corrected chi connectivity index (χ4v) is 3.40. The van der Waals surface area contributed by atoms with Crippen molar-refractivity contribution in [3.63, 3.8) is 0 Å². The van der Waals surface area contributed by atoms with Gasteiger partial charge in [-0.25, -0.2) is 0 Å². The van der Waals surface area contributed by atoms with Gasteiger partial charge >= 0.3 is 0 Å². The molecule has 0 spiro atoms. The number of hydrogen-bond donors (Lipinski definition) is 1. The van der Waals surface area contributed by atoms with Crippen LogP contribution in [0.2, 0.25) is 0 Å². The van der Waals surface area contributed by atoms with Crippen LogP contribution in [-0.2, 0) is 0 Å². The summed E-state index contributed by atoms with van der Waals surface area (Å²) in [5, 5.41) is 3.52. The fourth-order valence-electron chi connectivity index (χ4n) is 3.40. The van der Waals surface area contributed by atoms with E-state index in [4.69, 9.17) is 0 Å². The molecule has 1 aliphatic carbocycles. The Morgan fingerprint density at radius 1 is 1.23 bits per heavy atom. The van der Waals surface area contributed by atoms with E-state index in [1.54, 1.807) is 0 Å². The maximum Gasteiger partial charge on any atom is 0.0114 e. The van der Waals surface area contributed by atoms with Gasteiger partial charge in [0.15, 0.2) is 0 Å². The lowest BCUT2D eigenvalue weighted by Gasteiger charge is -2.38. The van der Waals surface area contributed by atoms with Crippen LogP contribution in [0, 0.1) is 11.8 Å². The van der Waals surface area contributed by atoms with E-state index in [0.717, 1.165) is 23.9 Å². The van der Waals surface area contributed by atoms with E-state index in [9.17, 15) is 0 Å². The third-order valence-electron chi connectivity index (χ3n) is 4.52. The number of nitrogens with zero attached hydrogens (tertiary/aromatic N) is 1. The van der Waals surface area contributed by atoms with Crippen LogP contribution in [0.5, 0.6) is 0 Å². The second-order valence-corrected chi connectivity index (χ2v) is 5.10. The minimum atomic E-state index is 0.852. The van der Waals surface area contributed by atoms with E-state index in [1.165, 1.54) is 38.9 Å². The van der Waals surface area contributed by atoms with Gasteiger partial charge in [0.1, 0.15) is 0 Å². The zero-order chi connectivity index (χ0) is 8.84. The molecule has 2 heteroatoms. The quantitative estimate of drug-likeness (QED) is 0.649. The largest absolute Gasteiger partial charge is 0.316 e. The Bertz CT molecular complexity index is 200. The van der Waals surface area contributed by atoms with Crippen LogP contribution in [0.15, 0.2) is 0 Å². The topological polar surface area (TPSA) is 15.3 Å². The highest BCUT2D eigenvalue weighted by molar-refractivity contribution is 4.99. The molecule has 74 valence electrons. The Balaban J connectivity index is 1.71. The SMILES string of the molecule is CC1C2CNCC2CN1C1CCC1. The van der Waals surface area contributed by atoms with Crippen molar-refractivity contribution >= 4 is 0 Å². The zero-order valence-electron chi connectivity index (χ0n) is 8.50. The molecule has 0 aromatic rings. The van der Waals surface area contributed by atoms with E-state index in [2.05, 4.69) is 17.1 Å². The maximum atomic E-state index is 3.52. The van der Waals surface area contributed by atoms with Gasteiger partial charge in [0.2, 0.25) is 0 Å². The van der Waals surface area contributed by atoms with E-state index < -0.39 is 0 Å². The van der Waals surface area contributed by atoms with E-state index in [0.29, 0.717) is 0 Å². The van der Waals surface area contributed by atoms with E-state index in [1.807, 2.05) is 0 Å². The van der Waals surface area contributed by atoms with Gasteiger partial charge in [-0.3, -0.25) is 4.90 Å². The lowest BCUT2D eigenvalue weighted by atomic mass is 9.90. The average molecular weight is 180 g/mol. The summed E-state index contributed by atoms with van der Waals surface area (Å²) in [5.74, 6) is 1.93. The molecule has 2 saturated heterocycles. The van der Waals surface area contributed by atoms with E-state index >= 15 is 0 Å². The Hall–Kier alpha value is -0.0800. The predicted molar refractivity (Wildman–Crippen MR) is 53.7 cm³/mol. The molecule has 3 rings (SSSR count). The molecular weight excluding hydrogens is 160 g/mol. The second kappa shape index (κ2) is 2.96. The summed E-state index contributed by atoms with van der Waals surface area (Å²) >= 11 is 0. The maximum absolute atomic E-state index is 3.52. The van der Waals surface area contributed by atoms with Crippen molar-refractivity contribution < 1.29 is 0 Å². The summed E-state index contributed by atoms with van der Waals surface area (Å²) in [7, 11) is 0. The molecule has 0 amide bonds. The first kappa shape index (κ1) is 8.25. The summed E-state index contributed by atoms with van der Waals surface area (Å²) in [5.41, 5.74) is 0. The Labute approximate surface area is 80.7 Å². The summed E-state index contributed by atoms with van der Waals surface area (Å²) < 4.78 is 0. The lowest BCUT2D eigenvalue weighted by Crippen LogP contribution is -2.44. The third kappa shape index (κ3) is 1.15. The van der Waals surface area contributed by atoms with Crippen LogP contribution >= 0.6 is 0 Å². The highest BCUT2D eigenvalue weighted by Gasteiger charge is 2.44. The molecule has 2 nitrogen and oxygen atoms in total. The Kier molecular flexibility index (Phi) is 1.88. The minimum Gasteiger partial charge on any atom is -0.316 e. The molecule has 3 aliphatic rings. The monoisotopic (exact) mass is 180 g/mol. The molecule has 0 aromatic heterocycles. The molecule has 1 saturated carbocycles. The van der Waals surface area contributed by atoms with Gasteiger partial charge in [0.05, 0.1) is 0 Å². The first-order valence-electron chi connectivity index (χ1n) is 5.82. The number of rotatable bonds is 1. The van der Waals surface area contributed by atoms with Crippen LogP contribution in [0.4, 0.5) is 0 Å². The third-order valence-corrected chi connectivity index (χ3v) is 4.52. The fraction of sp³-hybridized carbons (Fsp3) is 1.00. The van der Waals surface area contributed by atoms with Gasteiger partial charge in [-0.05, 0) is 44.7 Å². The predicted octanol–water partition coefficient (Wildman–Crippen LogP) is 1.08. The van der Waals surface area contributed by atoms with Gasteiger partial charge in [-0.15, -0.1) is 0 Å². The van der Waals surface area contributed by atoms with Gasteiger partial charge in [-0.2, -0.15) is 0 Å². The summed E-state index contributed by atoms with van der Waals surface area (Å²) in [6.45, 7) is 6.37. The highest BCUT2D eigenvalue weighted by atomic mass is 15.2. The number of hydrogen-bond acceptors (Lipinski definition) is 2.